The number of hydrogen-bond acceptors (Lipinski definition) is 2. The smallest absolute Gasteiger partial charge is 0.148 e. The third kappa shape index (κ3) is 2.06. The molecule has 0 atom stereocenters. The summed E-state index contributed by atoms with van der Waals surface area (Å²) in [5.41, 5.74) is 6.68. The van der Waals surface area contributed by atoms with E-state index >= 15 is 0 Å². The van der Waals surface area contributed by atoms with Gasteiger partial charge in [-0.3, -0.25) is 0 Å². The summed E-state index contributed by atoms with van der Waals surface area (Å²) >= 11 is 0. The van der Waals surface area contributed by atoms with Gasteiger partial charge in [0.05, 0.1) is 5.69 Å². The summed E-state index contributed by atoms with van der Waals surface area (Å²) < 4.78 is 13.5. The Kier molecular flexibility index (Phi) is 2.80. The first kappa shape index (κ1) is 10.3. The molecular weight excluding hydrogens is 191 g/mol. The predicted molar refractivity (Wildman–Crippen MR) is 61.4 cm³/mol. The molecule has 1 aliphatic rings. The molecule has 1 aromatic carbocycles. The van der Waals surface area contributed by atoms with Crippen LogP contribution in [0.3, 0.4) is 0 Å². The lowest BCUT2D eigenvalue weighted by atomic mass is 9.94. The van der Waals surface area contributed by atoms with Crippen molar-refractivity contribution in [2.45, 2.75) is 19.8 Å². The van der Waals surface area contributed by atoms with E-state index in [1.165, 1.54) is 18.9 Å². The highest BCUT2D eigenvalue weighted by Gasteiger charge is 2.27. The summed E-state index contributed by atoms with van der Waals surface area (Å²) in [7, 11) is 0. The van der Waals surface area contributed by atoms with E-state index in [0.29, 0.717) is 11.4 Å². The number of hydrogen-bond donors (Lipinski definition) is 1. The number of anilines is 2. The number of nitrogen functional groups attached to an aromatic ring is 1. The molecule has 2 nitrogen and oxygen atoms in total. The van der Waals surface area contributed by atoms with Crippen molar-refractivity contribution >= 4 is 11.4 Å². The maximum atomic E-state index is 13.5. The molecule has 0 spiro atoms. The van der Waals surface area contributed by atoms with Crippen molar-refractivity contribution in [3.8, 4) is 0 Å². The van der Waals surface area contributed by atoms with Gasteiger partial charge in [0.1, 0.15) is 5.82 Å². The Bertz CT molecular complexity index is 345. The monoisotopic (exact) mass is 208 g/mol. The molecule has 0 radical (unpaired) electrons. The van der Waals surface area contributed by atoms with Crippen LogP contribution in [0.25, 0.3) is 0 Å². The van der Waals surface area contributed by atoms with Gasteiger partial charge in [0.2, 0.25) is 0 Å². The second-order valence-corrected chi connectivity index (χ2v) is 4.27. The Hall–Kier alpha value is -1.25. The minimum absolute atomic E-state index is 0.204. The number of halogens is 1. The molecule has 0 amide bonds. The number of nitrogens with two attached hydrogens (primary N) is 1. The van der Waals surface area contributed by atoms with Crippen LogP contribution in [0.5, 0.6) is 0 Å². The average molecular weight is 208 g/mol. The Labute approximate surface area is 89.9 Å². The Morgan fingerprint density at radius 1 is 1.47 bits per heavy atom. The molecule has 15 heavy (non-hydrogen) atoms. The normalized spacial score (nSPS) is 16.5. The van der Waals surface area contributed by atoms with Gasteiger partial charge in [0, 0.05) is 18.8 Å². The molecule has 3 heteroatoms. The first-order valence-corrected chi connectivity index (χ1v) is 5.50. The minimum Gasteiger partial charge on any atom is -0.399 e. The zero-order chi connectivity index (χ0) is 10.8. The van der Waals surface area contributed by atoms with Gasteiger partial charge in [0.15, 0.2) is 0 Å². The van der Waals surface area contributed by atoms with Gasteiger partial charge < -0.3 is 10.6 Å². The minimum atomic E-state index is -0.204. The molecule has 0 unspecified atom stereocenters. The fourth-order valence-corrected chi connectivity index (χ4v) is 2.14. The fraction of sp³-hybridized carbons (Fsp3) is 0.500. The standard InChI is InChI=1S/C12H17FN2/c1-2-3-9-7-15(8-9)12-5-4-10(14)6-11(12)13/h4-6,9H,2-3,7-8,14H2,1H3. The van der Waals surface area contributed by atoms with Crippen LogP contribution >= 0.6 is 0 Å². The van der Waals surface area contributed by atoms with Crippen LogP contribution in [-0.4, -0.2) is 13.1 Å². The third-order valence-electron chi connectivity index (χ3n) is 2.97. The average Bonchev–Trinajstić information content (AvgIpc) is 2.12. The topological polar surface area (TPSA) is 29.3 Å². The molecule has 1 aromatic rings. The van der Waals surface area contributed by atoms with Gasteiger partial charge in [-0.1, -0.05) is 13.3 Å². The lowest BCUT2D eigenvalue weighted by molar-refractivity contribution is 0.376. The van der Waals surface area contributed by atoms with Crippen molar-refractivity contribution in [2.75, 3.05) is 23.7 Å². The summed E-state index contributed by atoms with van der Waals surface area (Å²) in [6.07, 6.45) is 2.45. The maximum absolute atomic E-state index is 13.5. The van der Waals surface area contributed by atoms with Crippen molar-refractivity contribution in [3.05, 3.63) is 24.0 Å². The predicted octanol–water partition coefficient (Wildman–Crippen LogP) is 2.64. The van der Waals surface area contributed by atoms with E-state index in [1.54, 1.807) is 12.1 Å². The molecule has 1 fully saturated rings. The van der Waals surface area contributed by atoms with E-state index in [4.69, 9.17) is 5.73 Å². The summed E-state index contributed by atoms with van der Waals surface area (Å²) in [6.45, 7) is 4.15. The lowest BCUT2D eigenvalue weighted by Crippen LogP contribution is -2.47. The Morgan fingerprint density at radius 3 is 2.80 bits per heavy atom. The van der Waals surface area contributed by atoms with Gasteiger partial charge in [-0.2, -0.15) is 0 Å². The van der Waals surface area contributed by atoms with Crippen LogP contribution in [0.15, 0.2) is 18.2 Å². The maximum Gasteiger partial charge on any atom is 0.148 e. The summed E-state index contributed by atoms with van der Waals surface area (Å²) in [5, 5.41) is 0. The first-order valence-electron chi connectivity index (χ1n) is 5.50. The van der Waals surface area contributed by atoms with E-state index < -0.39 is 0 Å². The number of benzene rings is 1. The van der Waals surface area contributed by atoms with Crippen LogP contribution in [0.1, 0.15) is 19.8 Å². The van der Waals surface area contributed by atoms with E-state index in [0.717, 1.165) is 19.0 Å². The zero-order valence-corrected chi connectivity index (χ0v) is 9.04. The number of rotatable bonds is 3. The van der Waals surface area contributed by atoms with Gasteiger partial charge in [-0.25, -0.2) is 4.39 Å². The molecule has 2 rings (SSSR count). The van der Waals surface area contributed by atoms with E-state index in [9.17, 15) is 4.39 Å². The van der Waals surface area contributed by atoms with Crippen LogP contribution in [-0.2, 0) is 0 Å². The Morgan fingerprint density at radius 2 is 2.20 bits per heavy atom. The number of nitrogens with zero attached hydrogens (tertiary/aromatic N) is 1. The van der Waals surface area contributed by atoms with E-state index in [2.05, 4.69) is 11.8 Å². The highest BCUT2D eigenvalue weighted by atomic mass is 19.1. The van der Waals surface area contributed by atoms with Gasteiger partial charge in [0.25, 0.3) is 0 Å². The van der Waals surface area contributed by atoms with Crippen LogP contribution < -0.4 is 10.6 Å². The molecular formula is C12H17FN2. The SMILES string of the molecule is CCCC1CN(c2ccc(N)cc2F)C1. The van der Waals surface area contributed by atoms with Gasteiger partial charge >= 0.3 is 0 Å². The van der Waals surface area contributed by atoms with Gasteiger partial charge in [-0.15, -0.1) is 0 Å². The van der Waals surface area contributed by atoms with Crippen molar-refractivity contribution < 1.29 is 4.39 Å². The molecule has 0 aliphatic carbocycles. The largest absolute Gasteiger partial charge is 0.399 e. The molecule has 0 aromatic heterocycles. The molecule has 1 saturated heterocycles. The highest BCUT2D eigenvalue weighted by Crippen LogP contribution is 2.30. The van der Waals surface area contributed by atoms with Crippen molar-refractivity contribution in [1.29, 1.82) is 0 Å². The van der Waals surface area contributed by atoms with Crippen LogP contribution in [0, 0.1) is 11.7 Å². The fourth-order valence-electron chi connectivity index (χ4n) is 2.14. The summed E-state index contributed by atoms with van der Waals surface area (Å²) in [4.78, 5) is 2.08. The zero-order valence-electron chi connectivity index (χ0n) is 9.04. The van der Waals surface area contributed by atoms with Crippen molar-refractivity contribution in [1.82, 2.24) is 0 Å². The van der Waals surface area contributed by atoms with E-state index in [1.807, 2.05) is 0 Å². The quantitative estimate of drug-likeness (QED) is 0.774. The highest BCUT2D eigenvalue weighted by molar-refractivity contribution is 5.55. The summed E-state index contributed by atoms with van der Waals surface area (Å²) in [5.74, 6) is 0.539. The first-order chi connectivity index (χ1) is 7.20. The second-order valence-electron chi connectivity index (χ2n) is 4.27. The second kappa shape index (κ2) is 4.09. The van der Waals surface area contributed by atoms with Crippen LogP contribution in [0.4, 0.5) is 15.8 Å². The molecule has 0 bridgehead atoms. The molecule has 0 saturated carbocycles. The van der Waals surface area contributed by atoms with Crippen molar-refractivity contribution in [3.63, 3.8) is 0 Å². The van der Waals surface area contributed by atoms with Crippen molar-refractivity contribution in [2.24, 2.45) is 5.92 Å². The molecule has 82 valence electrons. The lowest BCUT2D eigenvalue weighted by Gasteiger charge is -2.41. The van der Waals surface area contributed by atoms with Crippen LogP contribution in [0.2, 0.25) is 0 Å². The Balaban J connectivity index is 2.01. The van der Waals surface area contributed by atoms with Gasteiger partial charge in [-0.05, 0) is 30.5 Å². The summed E-state index contributed by atoms with van der Waals surface area (Å²) in [6, 6.07) is 4.92. The third-order valence-corrected chi connectivity index (χ3v) is 2.97. The van der Waals surface area contributed by atoms with E-state index in [-0.39, 0.29) is 5.82 Å². The molecule has 2 N–H and O–H groups in total. The molecule has 1 aliphatic heterocycles. The molecule has 1 heterocycles.